The Kier molecular flexibility index (Phi) is 5.33. The molecule has 2 rings (SSSR count). The highest BCUT2D eigenvalue weighted by molar-refractivity contribution is 6.33. The number of halogens is 1. The van der Waals surface area contributed by atoms with Crippen molar-refractivity contribution < 1.29 is 19.2 Å². The molecule has 2 aromatic carbocycles. The summed E-state index contributed by atoms with van der Waals surface area (Å²) in [7, 11) is 0. The summed E-state index contributed by atoms with van der Waals surface area (Å²) in [6.45, 7) is -0.552. The van der Waals surface area contributed by atoms with Crippen LogP contribution >= 0.6 is 11.6 Å². The highest BCUT2D eigenvalue weighted by atomic mass is 35.5. The number of hydrogen-bond donors (Lipinski definition) is 2. The van der Waals surface area contributed by atoms with Gasteiger partial charge in [-0.2, -0.15) is 0 Å². The molecule has 3 N–H and O–H groups in total. The fraction of sp³-hybridized carbons (Fsp3) is 0.0667. The van der Waals surface area contributed by atoms with Crippen molar-refractivity contribution in [2.75, 3.05) is 17.7 Å². The number of anilines is 2. The summed E-state index contributed by atoms with van der Waals surface area (Å²) in [5.41, 5.74) is 6.01. The van der Waals surface area contributed by atoms with Crippen molar-refractivity contribution in [3.63, 3.8) is 0 Å². The van der Waals surface area contributed by atoms with Crippen LogP contribution in [-0.2, 0) is 9.53 Å². The van der Waals surface area contributed by atoms with E-state index in [-0.39, 0.29) is 22.6 Å². The molecule has 0 aliphatic heterocycles. The maximum atomic E-state index is 11.8. The molecule has 24 heavy (non-hydrogen) atoms. The fourth-order valence-electron chi connectivity index (χ4n) is 1.78. The number of amides is 1. The molecule has 0 atom stereocenters. The van der Waals surface area contributed by atoms with Crippen molar-refractivity contribution in [1.82, 2.24) is 0 Å². The van der Waals surface area contributed by atoms with E-state index >= 15 is 0 Å². The van der Waals surface area contributed by atoms with Gasteiger partial charge in [0.2, 0.25) is 0 Å². The second kappa shape index (κ2) is 7.42. The summed E-state index contributed by atoms with van der Waals surface area (Å²) in [6.07, 6.45) is 0. The van der Waals surface area contributed by atoms with Crippen LogP contribution in [0, 0.1) is 10.1 Å². The first kappa shape index (κ1) is 17.2. The number of esters is 1. The molecule has 0 aromatic heterocycles. The second-order valence-corrected chi connectivity index (χ2v) is 5.08. The lowest BCUT2D eigenvalue weighted by Crippen LogP contribution is -2.21. The van der Waals surface area contributed by atoms with Gasteiger partial charge in [0.1, 0.15) is 0 Å². The number of ether oxygens (including phenoxy) is 1. The van der Waals surface area contributed by atoms with Gasteiger partial charge in [-0.3, -0.25) is 14.9 Å². The Bertz CT molecular complexity index is 809. The monoisotopic (exact) mass is 349 g/mol. The first-order chi connectivity index (χ1) is 11.4. The maximum absolute atomic E-state index is 11.8. The number of hydrogen-bond acceptors (Lipinski definition) is 6. The number of benzene rings is 2. The Labute approximate surface area is 141 Å². The number of nitro groups is 1. The van der Waals surface area contributed by atoms with Gasteiger partial charge in [-0.1, -0.05) is 17.7 Å². The van der Waals surface area contributed by atoms with Crippen molar-refractivity contribution in [3.05, 3.63) is 63.2 Å². The molecule has 0 heterocycles. The van der Waals surface area contributed by atoms with Gasteiger partial charge in [-0.05, 0) is 24.3 Å². The molecule has 0 saturated heterocycles. The maximum Gasteiger partial charge on any atom is 0.338 e. The minimum absolute atomic E-state index is 0.153. The van der Waals surface area contributed by atoms with E-state index in [0.29, 0.717) is 5.02 Å². The average molecular weight is 350 g/mol. The summed E-state index contributed by atoms with van der Waals surface area (Å²) >= 11 is 5.75. The normalized spacial score (nSPS) is 10.0. The Hall–Kier alpha value is -3.13. The molecule has 0 unspecified atom stereocenters. The predicted molar refractivity (Wildman–Crippen MR) is 87.9 cm³/mol. The van der Waals surface area contributed by atoms with Crippen molar-refractivity contribution in [3.8, 4) is 0 Å². The SMILES string of the molecule is Nc1cc(C(=O)OCC(=O)Nc2cccc([N+](=O)[O-])c2)ccc1Cl. The third kappa shape index (κ3) is 4.43. The molecule has 2 aromatic rings. The Morgan fingerprint density at radius 1 is 1.25 bits per heavy atom. The van der Waals surface area contributed by atoms with Crippen molar-refractivity contribution >= 4 is 40.5 Å². The zero-order valence-electron chi connectivity index (χ0n) is 12.2. The summed E-state index contributed by atoms with van der Waals surface area (Å²) in [5, 5.41) is 13.4. The Morgan fingerprint density at radius 2 is 2.00 bits per heavy atom. The number of nitrogens with one attached hydrogen (secondary N) is 1. The second-order valence-electron chi connectivity index (χ2n) is 4.67. The van der Waals surface area contributed by atoms with Crippen molar-refractivity contribution in [2.24, 2.45) is 0 Å². The number of nitrogens with zero attached hydrogens (tertiary/aromatic N) is 1. The molecular formula is C15H12ClN3O5. The Morgan fingerprint density at radius 3 is 2.67 bits per heavy atom. The van der Waals surface area contributed by atoms with Crippen LogP contribution in [0.25, 0.3) is 0 Å². The van der Waals surface area contributed by atoms with E-state index in [1.54, 1.807) is 0 Å². The highest BCUT2D eigenvalue weighted by Gasteiger charge is 2.13. The van der Waals surface area contributed by atoms with Crippen LogP contribution in [0.2, 0.25) is 5.02 Å². The lowest BCUT2D eigenvalue weighted by molar-refractivity contribution is -0.384. The van der Waals surface area contributed by atoms with E-state index in [4.69, 9.17) is 22.1 Å². The largest absolute Gasteiger partial charge is 0.452 e. The van der Waals surface area contributed by atoms with Gasteiger partial charge < -0.3 is 15.8 Å². The zero-order chi connectivity index (χ0) is 17.7. The number of rotatable bonds is 5. The molecule has 0 saturated carbocycles. The zero-order valence-corrected chi connectivity index (χ0v) is 12.9. The molecule has 1 amide bonds. The van der Waals surface area contributed by atoms with Gasteiger partial charge in [0.25, 0.3) is 11.6 Å². The quantitative estimate of drug-likeness (QED) is 0.370. The van der Waals surface area contributed by atoms with Gasteiger partial charge in [-0.15, -0.1) is 0 Å². The summed E-state index contributed by atoms with van der Waals surface area (Å²) in [5.74, 6) is -1.38. The van der Waals surface area contributed by atoms with Crippen LogP contribution < -0.4 is 11.1 Å². The number of nitro benzene ring substituents is 1. The third-order valence-electron chi connectivity index (χ3n) is 2.91. The van der Waals surface area contributed by atoms with E-state index in [2.05, 4.69) is 5.32 Å². The van der Waals surface area contributed by atoms with Gasteiger partial charge in [0, 0.05) is 17.8 Å². The van der Waals surface area contributed by atoms with E-state index in [0.717, 1.165) is 0 Å². The lowest BCUT2D eigenvalue weighted by atomic mass is 10.2. The minimum Gasteiger partial charge on any atom is -0.452 e. The van der Waals surface area contributed by atoms with Crippen LogP contribution in [0.5, 0.6) is 0 Å². The molecule has 0 fully saturated rings. The predicted octanol–water partition coefficient (Wildman–Crippen LogP) is 2.63. The van der Waals surface area contributed by atoms with Crippen LogP contribution in [-0.4, -0.2) is 23.4 Å². The molecule has 124 valence electrons. The smallest absolute Gasteiger partial charge is 0.338 e. The molecule has 0 aliphatic carbocycles. The summed E-state index contributed by atoms with van der Waals surface area (Å²) < 4.78 is 4.85. The standard InChI is InChI=1S/C15H12ClN3O5/c16-12-5-4-9(6-13(12)17)15(21)24-8-14(20)18-10-2-1-3-11(7-10)19(22)23/h1-7H,8,17H2,(H,18,20). The fourth-order valence-corrected chi connectivity index (χ4v) is 1.90. The number of nitrogen functional groups attached to an aromatic ring is 1. The van der Waals surface area contributed by atoms with Crippen molar-refractivity contribution in [2.45, 2.75) is 0 Å². The van der Waals surface area contributed by atoms with Crippen LogP contribution in [0.1, 0.15) is 10.4 Å². The Balaban J connectivity index is 1.93. The molecule has 0 bridgehead atoms. The molecular weight excluding hydrogens is 338 g/mol. The average Bonchev–Trinajstić information content (AvgIpc) is 2.55. The van der Waals surface area contributed by atoms with E-state index in [9.17, 15) is 19.7 Å². The summed E-state index contributed by atoms with van der Waals surface area (Å²) in [4.78, 5) is 33.6. The first-order valence-corrected chi connectivity index (χ1v) is 7.01. The summed E-state index contributed by atoms with van der Waals surface area (Å²) in [6, 6.07) is 9.59. The molecule has 9 heteroatoms. The highest BCUT2D eigenvalue weighted by Crippen LogP contribution is 2.20. The van der Waals surface area contributed by atoms with Gasteiger partial charge in [0.15, 0.2) is 6.61 Å². The lowest BCUT2D eigenvalue weighted by Gasteiger charge is -2.07. The van der Waals surface area contributed by atoms with E-state index < -0.39 is 23.4 Å². The van der Waals surface area contributed by atoms with E-state index in [1.807, 2.05) is 0 Å². The number of nitrogens with two attached hydrogens (primary N) is 1. The molecule has 0 radical (unpaired) electrons. The van der Waals surface area contributed by atoms with Gasteiger partial charge in [-0.25, -0.2) is 4.79 Å². The third-order valence-corrected chi connectivity index (χ3v) is 3.25. The van der Waals surface area contributed by atoms with Gasteiger partial charge in [0.05, 0.1) is 21.2 Å². The topological polar surface area (TPSA) is 125 Å². The molecule has 0 aliphatic rings. The number of carbonyl (C=O) groups is 2. The first-order valence-electron chi connectivity index (χ1n) is 6.63. The number of carbonyl (C=O) groups excluding carboxylic acids is 2. The number of non-ortho nitro benzene ring substituents is 1. The minimum atomic E-state index is -0.743. The van der Waals surface area contributed by atoms with Gasteiger partial charge >= 0.3 is 5.97 Å². The van der Waals surface area contributed by atoms with E-state index in [1.165, 1.54) is 42.5 Å². The van der Waals surface area contributed by atoms with Crippen LogP contribution in [0.4, 0.5) is 17.1 Å². The van der Waals surface area contributed by atoms with Crippen molar-refractivity contribution in [1.29, 1.82) is 0 Å². The molecule has 8 nitrogen and oxygen atoms in total. The van der Waals surface area contributed by atoms with Crippen LogP contribution in [0.3, 0.4) is 0 Å². The van der Waals surface area contributed by atoms with Crippen LogP contribution in [0.15, 0.2) is 42.5 Å². The molecule has 0 spiro atoms.